The van der Waals surface area contributed by atoms with Crippen molar-refractivity contribution >= 4 is 15.7 Å². The Morgan fingerprint density at radius 1 is 1.03 bits per heavy atom. The van der Waals surface area contributed by atoms with Gasteiger partial charge in [-0.05, 0) is 24.3 Å². The SMILES string of the molecule is COc1ccccc1N1CCN([C@@H]2[C@H](O)[C@H](CO)O[C@@H]2CNS(=O)(=O)c2ccccc2)CC1. The molecule has 0 spiro atoms. The third-order valence-corrected chi connectivity index (χ3v) is 7.77. The first-order valence-corrected chi connectivity index (χ1v) is 12.5. The van der Waals surface area contributed by atoms with E-state index in [9.17, 15) is 18.6 Å². The van der Waals surface area contributed by atoms with E-state index in [4.69, 9.17) is 9.47 Å². The second-order valence-electron chi connectivity index (χ2n) is 8.24. The molecular formula is C23H31N3O6S. The molecule has 2 aliphatic heterocycles. The summed E-state index contributed by atoms with van der Waals surface area (Å²) in [5.41, 5.74) is 1.02. The van der Waals surface area contributed by atoms with E-state index in [1.54, 1.807) is 25.3 Å². The largest absolute Gasteiger partial charge is 0.495 e. The molecule has 2 fully saturated rings. The molecule has 0 unspecified atom stereocenters. The van der Waals surface area contributed by atoms with E-state index >= 15 is 0 Å². The molecule has 4 atom stereocenters. The molecule has 33 heavy (non-hydrogen) atoms. The van der Waals surface area contributed by atoms with E-state index in [1.807, 2.05) is 24.3 Å². The van der Waals surface area contributed by atoms with Crippen LogP contribution < -0.4 is 14.4 Å². The fourth-order valence-corrected chi connectivity index (χ4v) is 5.69. The van der Waals surface area contributed by atoms with E-state index in [0.29, 0.717) is 13.1 Å². The van der Waals surface area contributed by atoms with Gasteiger partial charge in [0.05, 0.1) is 36.4 Å². The van der Waals surface area contributed by atoms with E-state index in [0.717, 1.165) is 24.5 Å². The van der Waals surface area contributed by atoms with E-state index in [-0.39, 0.29) is 18.0 Å². The second-order valence-corrected chi connectivity index (χ2v) is 10.0. The number of ether oxygens (including phenoxy) is 2. The highest BCUT2D eigenvalue weighted by molar-refractivity contribution is 7.89. The normalized spacial score (nSPS) is 26.5. The van der Waals surface area contributed by atoms with Gasteiger partial charge >= 0.3 is 0 Å². The highest BCUT2D eigenvalue weighted by Crippen LogP contribution is 2.31. The van der Waals surface area contributed by atoms with Crippen molar-refractivity contribution in [1.29, 1.82) is 0 Å². The number of anilines is 1. The van der Waals surface area contributed by atoms with Crippen molar-refractivity contribution in [3.63, 3.8) is 0 Å². The van der Waals surface area contributed by atoms with Gasteiger partial charge in [-0.3, -0.25) is 4.90 Å². The highest BCUT2D eigenvalue weighted by atomic mass is 32.2. The lowest BCUT2D eigenvalue weighted by molar-refractivity contribution is -0.0201. The third kappa shape index (κ3) is 5.16. The average molecular weight is 478 g/mol. The molecule has 0 aliphatic carbocycles. The van der Waals surface area contributed by atoms with E-state index in [2.05, 4.69) is 14.5 Å². The van der Waals surface area contributed by atoms with Crippen LogP contribution in [0.1, 0.15) is 0 Å². The lowest BCUT2D eigenvalue weighted by Gasteiger charge is -2.41. The van der Waals surface area contributed by atoms with Gasteiger partial charge in [0.25, 0.3) is 0 Å². The fourth-order valence-electron chi connectivity index (χ4n) is 4.62. The molecule has 0 aromatic heterocycles. The Labute approximate surface area is 194 Å². The number of hydrogen-bond donors (Lipinski definition) is 3. The van der Waals surface area contributed by atoms with Gasteiger partial charge in [-0.25, -0.2) is 13.1 Å². The standard InChI is InChI=1S/C23H31N3O6S/c1-31-19-10-6-5-9-18(19)25-11-13-26(14-12-25)22-20(32-21(16-27)23(22)28)15-24-33(29,30)17-7-3-2-4-8-17/h2-10,20-24,27-28H,11-16H2,1H3/t20-,21+,22+,23-/m1/s1. The highest BCUT2D eigenvalue weighted by Gasteiger charge is 2.47. The van der Waals surface area contributed by atoms with Crippen LogP contribution in [0.3, 0.4) is 0 Å². The monoisotopic (exact) mass is 477 g/mol. The molecule has 0 amide bonds. The Bertz CT molecular complexity index is 1010. The number of benzene rings is 2. The molecule has 2 aliphatic rings. The fraction of sp³-hybridized carbons (Fsp3) is 0.478. The Morgan fingerprint density at radius 3 is 2.36 bits per heavy atom. The molecule has 4 rings (SSSR count). The number of nitrogens with zero attached hydrogens (tertiary/aromatic N) is 2. The predicted octanol–water partition coefficient (Wildman–Crippen LogP) is 0.285. The maximum atomic E-state index is 12.7. The van der Waals surface area contributed by atoms with Crippen LogP contribution >= 0.6 is 0 Å². The van der Waals surface area contributed by atoms with Gasteiger partial charge in [-0.15, -0.1) is 0 Å². The maximum absolute atomic E-state index is 12.7. The molecule has 2 saturated heterocycles. The minimum atomic E-state index is -3.71. The number of sulfonamides is 1. The average Bonchev–Trinajstić information content (AvgIpc) is 3.18. The van der Waals surface area contributed by atoms with Crippen molar-refractivity contribution in [3.05, 3.63) is 54.6 Å². The number of para-hydroxylation sites is 2. The van der Waals surface area contributed by atoms with Gasteiger partial charge in [-0.1, -0.05) is 30.3 Å². The van der Waals surface area contributed by atoms with Crippen molar-refractivity contribution < 1.29 is 28.1 Å². The van der Waals surface area contributed by atoms with Gasteiger partial charge in [-0.2, -0.15) is 0 Å². The smallest absolute Gasteiger partial charge is 0.240 e. The second kappa shape index (κ2) is 10.4. The third-order valence-electron chi connectivity index (χ3n) is 6.33. The Hall–Kier alpha value is -2.21. The molecule has 9 nitrogen and oxygen atoms in total. The van der Waals surface area contributed by atoms with Gasteiger partial charge in [0.2, 0.25) is 10.0 Å². The van der Waals surface area contributed by atoms with Crippen LogP contribution in [0.25, 0.3) is 0 Å². The zero-order chi connectivity index (χ0) is 23.4. The van der Waals surface area contributed by atoms with Crippen LogP contribution in [0.15, 0.2) is 59.5 Å². The summed E-state index contributed by atoms with van der Waals surface area (Å²) in [5.74, 6) is 0.809. The van der Waals surface area contributed by atoms with Gasteiger partial charge in [0.1, 0.15) is 18.0 Å². The number of aliphatic hydroxyl groups excluding tert-OH is 2. The van der Waals surface area contributed by atoms with Gasteiger partial charge in [0.15, 0.2) is 0 Å². The molecule has 2 heterocycles. The summed E-state index contributed by atoms with van der Waals surface area (Å²) < 4.78 is 39.3. The number of piperazine rings is 1. The van der Waals surface area contributed by atoms with Gasteiger partial charge in [0, 0.05) is 32.7 Å². The molecule has 0 radical (unpaired) electrons. The zero-order valence-corrected chi connectivity index (χ0v) is 19.4. The van der Waals surface area contributed by atoms with Crippen LogP contribution in [-0.4, -0.2) is 94.3 Å². The number of hydrogen-bond acceptors (Lipinski definition) is 8. The van der Waals surface area contributed by atoms with Crippen LogP contribution in [0.5, 0.6) is 5.75 Å². The van der Waals surface area contributed by atoms with Crippen LogP contribution in [0.2, 0.25) is 0 Å². The lowest BCUT2D eigenvalue weighted by atomic mass is 10.0. The van der Waals surface area contributed by atoms with Crippen molar-refractivity contribution in [2.24, 2.45) is 0 Å². The van der Waals surface area contributed by atoms with Crippen molar-refractivity contribution in [1.82, 2.24) is 9.62 Å². The first-order chi connectivity index (χ1) is 15.9. The van der Waals surface area contributed by atoms with Crippen molar-refractivity contribution in [2.45, 2.75) is 29.2 Å². The summed E-state index contributed by atoms with van der Waals surface area (Å²) >= 11 is 0. The molecule has 10 heteroatoms. The quantitative estimate of drug-likeness (QED) is 0.497. The van der Waals surface area contributed by atoms with Crippen molar-refractivity contribution in [2.75, 3.05) is 51.3 Å². The van der Waals surface area contributed by atoms with Crippen molar-refractivity contribution in [3.8, 4) is 5.75 Å². The van der Waals surface area contributed by atoms with Crippen LogP contribution in [0.4, 0.5) is 5.69 Å². The number of aliphatic hydroxyl groups is 2. The summed E-state index contributed by atoms with van der Waals surface area (Å²) in [5, 5.41) is 20.5. The number of rotatable bonds is 8. The summed E-state index contributed by atoms with van der Waals surface area (Å²) in [7, 11) is -2.06. The number of nitrogens with one attached hydrogen (secondary N) is 1. The lowest BCUT2D eigenvalue weighted by Crippen LogP contribution is -2.57. The molecule has 180 valence electrons. The maximum Gasteiger partial charge on any atom is 0.240 e. The van der Waals surface area contributed by atoms with Gasteiger partial charge < -0.3 is 24.6 Å². The summed E-state index contributed by atoms with van der Waals surface area (Å²) in [4.78, 5) is 4.52. The molecule has 2 aromatic rings. The summed E-state index contributed by atoms with van der Waals surface area (Å²) in [6.45, 7) is 2.42. The molecule has 3 N–H and O–H groups in total. The molecule has 0 saturated carbocycles. The number of methoxy groups -OCH3 is 1. The molecule has 0 bridgehead atoms. The predicted molar refractivity (Wildman–Crippen MR) is 124 cm³/mol. The van der Waals surface area contributed by atoms with E-state index in [1.165, 1.54) is 12.1 Å². The van der Waals surface area contributed by atoms with E-state index < -0.39 is 34.4 Å². The Kier molecular flexibility index (Phi) is 7.52. The minimum Gasteiger partial charge on any atom is -0.495 e. The van der Waals surface area contributed by atoms with Crippen LogP contribution in [0, 0.1) is 0 Å². The molecule has 2 aromatic carbocycles. The summed E-state index contributed by atoms with van der Waals surface area (Å²) in [6.07, 6.45) is -2.26. The first kappa shape index (κ1) is 23.9. The topological polar surface area (TPSA) is 112 Å². The minimum absolute atomic E-state index is 0.00216. The Morgan fingerprint density at radius 2 is 1.70 bits per heavy atom. The Balaban J connectivity index is 1.44. The van der Waals surface area contributed by atoms with Crippen LogP contribution in [-0.2, 0) is 14.8 Å². The summed E-state index contributed by atoms with van der Waals surface area (Å²) in [6, 6.07) is 15.5. The first-order valence-electron chi connectivity index (χ1n) is 11.1. The molecular weight excluding hydrogens is 446 g/mol. The zero-order valence-electron chi connectivity index (χ0n) is 18.6.